The van der Waals surface area contributed by atoms with Crippen molar-refractivity contribution < 1.29 is 23.9 Å². The van der Waals surface area contributed by atoms with Gasteiger partial charge in [-0.3, -0.25) is 19.3 Å². The molecular formula is C21H26N2O5. The Morgan fingerprint density at radius 2 is 2.00 bits per heavy atom. The highest BCUT2D eigenvalue weighted by atomic mass is 16.5. The van der Waals surface area contributed by atoms with Crippen LogP contribution in [-0.2, 0) is 25.5 Å². The van der Waals surface area contributed by atoms with E-state index in [2.05, 4.69) is 4.98 Å². The van der Waals surface area contributed by atoms with Gasteiger partial charge >= 0.3 is 11.9 Å². The molecule has 2 aromatic rings. The van der Waals surface area contributed by atoms with Crippen LogP contribution in [0.4, 0.5) is 0 Å². The molecule has 2 atom stereocenters. The summed E-state index contributed by atoms with van der Waals surface area (Å²) in [7, 11) is 1.80. The lowest BCUT2D eigenvalue weighted by molar-refractivity contribution is -0.155. The number of likely N-dealkylation sites (N-methyl/N-ethyl adjacent to an activating group) is 1. The summed E-state index contributed by atoms with van der Waals surface area (Å²) in [6.45, 7) is 4.18. The van der Waals surface area contributed by atoms with Crippen LogP contribution >= 0.6 is 0 Å². The van der Waals surface area contributed by atoms with Crippen molar-refractivity contribution in [3.63, 3.8) is 0 Å². The summed E-state index contributed by atoms with van der Waals surface area (Å²) in [5.41, 5.74) is 2.73. The van der Waals surface area contributed by atoms with Crippen molar-refractivity contribution in [3.05, 3.63) is 35.5 Å². The number of aromatic nitrogens is 1. The fourth-order valence-corrected chi connectivity index (χ4v) is 3.84. The first-order valence-corrected chi connectivity index (χ1v) is 9.61. The summed E-state index contributed by atoms with van der Waals surface area (Å²) in [5, 5.41) is 0.977. The Morgan fingerprint density at radius 3 is 2.71 bits per heavy atom. The maximum absolute atomic E-state index is 13.1. The minimum atomic E-state index is -0.680. The highest BCUT2D eigenvalue weighted by molar-refractivity contribution is 6.13. The van der Waals surface area contributed by atoms with Crippen LogP contribution in [0.15, 0.2) is 24.4 Å². The van der Waals surface area contributed by atoms with Gasteiger partial charge in [0, 0.05) is 29.2 Å². The van der Waals surface area contributed by atoms with E-state index in [1.807, 2.05) is 29.3 Å². The molecule has 0 spiro atoms. The predicted octanol–water partition coefficient (Wildman–Crippen LogP) is 2.34. The lowest BCUT2D eigenvalue weighted by atomic mass is 9.87. The van der Waals surface area contributed by atoms with Gasteiger partial charge in [0.1, 0.15) is 0 Å². The molecule has 0 radical (unpaired) electrons. The van der Waals surface area contributed by atoms with E-state index < -0.39 is 23.9 Å². The number of ether oxygens (including phenoxy) is 2. The number of ketones is 1. The van der Waals surface area contributed by atoms with Gasteiger partial charge in [-0.2, -0.15) is 0 Å². The Hall–Kier alpha value is -2.67. The van der Waals surface area contributed by atoms with E-state index in [9.17, 15) is 14.4 Å². The van der Waals surface area contributed by atoms with E-state index in [0.717, 1.165) is 16.5 Å². The number of hydrogen-bond acceptors (Lipinski definition) is 6. The number of H-pyrrole nitrogens is 1. The molecule has 28 heavy (non-hydrogen) atoms. The highest BCUT2D eigenvalue weighted by Gasteiger charge is 2.35. The van der Waals surface area contributed by atoms with E-state index in [1.54, 1.807) is 20.9 Å². The van der Waals surface area contributed by atoms with Crippen molar-refractivity contribution in [1.82, 2.24) is 9.88 Å². The van der Waals surface area contributed by atoms with Crippen LogP contribution in [0.2, 0.25) is 0 Å². The van der Waals surface area contributed by atoms with Gasteiger partial charge in [0.25, 0.3) is 0 Å². The molecular weight excluding hydrogens is 360 g/mol. The lowest BCUT2D eigenvalue weighted by Crippen LogP contribution is -2.45. The van der Waals surface area contributed by atoms with Gasteiger partial charge in [0.05, 0.1) is 31.6 Å². The molecule has 0 fully saturated rings. The molecule has 7 nitrogen and oxygen atoms in total. The first kappa shape index (κ1) is 20.1. The summed E-state index contributed by atoms with van der Waals surface area (Å²) in [4.78, 5) is 42.4. The monoisotopic (exact) mass is 386 g/mol. The van der Waals surface area contributed by atoms with Crippen LogP contribution in [0.5, 0.6) is 0 Å². The maximum atomic E-state index is 13.1. The molecule has 1 aliphatic carbocycles. The van der Waals surface area contributed by atoms with Crippen molar-refractivity contribution in [3.8, 4) is 0 Å². The Kier molecular flexibility index (Phi) is 6.14. The van der Waals surface area contributed by atoms with Crippen LogP contribution in [-0.4, -0.2) is 60.5 Å². The van der Waals surface area contributed by atoms with Crippen LogP contribution in [0, 0.1) is 5.92 Å². The number of benzene rings is 1. The molecule has 0 saturated carbocycles. The second kappa shape index (κ2) is 8.56. The van der Waals surface area contributed by atoms with Gasteiger partial charge in [-0.05, 0) is 38.9 Å². The van der Waals surface area contributed by atoms with Crippen molar-refractivity contribution in [1.29, 1.82) is 0 Å². The number of aromatic amines is 1. The van der Waals surface area contributed by atoms with Gasteiger partial charge in [0.2, 0.25) is 0 Å². The second-order valence-electron chi connectivity index (χ2n) is 7.02. The predicted molar refractivity (Wildman–Crippen MR) is 104 cm³/mol. The summed E-state index contributed by atoms with van der Waals surface area (Å²) >= 11 is 0. The smallest absolute Gasteiger partial charge is 0.310 e. The lowest BCUT2D eigenvalue weighted by Gasteiger charge is -2.32. The average Bonchev–Trinajstić information content (AvgIpc) is 3.08. The number of Topliss-reactive ketones (excluding diaryl/α,β-unsaturated/α-hetero) is 1. The molecule has 150 valence electrons. The van der Waals surface area contributed by atoms with E-state index in [4.69, 9.17) is 9.47 Å². The molecule has 1 aromatic heterocycles. The third-order valence-corrected chi connectivity index (χ3v) is 5.15. The van der Waals surface area contributed by atoms with Crippen molar-refractivity contribution in [2.75, 3.05) is 26.8 Å². The van der Waals surface area contributed by atoms with E-state index in [0.29, 0.717) is 12.0 Å². The fourth-order valence-electron chi connectivity index (χ4n) is 3.84. The zero-order chi connectivity index (χ0) is 20.3. The number of nitrogens with one attached hydrogen (secondary N) is 1. The maximum Gasteiger partial charge on any atom is 0.310 e. The quantitative estimate of drug-likeness (QED) is 0.701. The van der Waals surface area contributed by atoms with Crippen molar-refractivity contribution >= 4 is 28.6 Å². The zero-order valence-electron chi connectivity index (χ0n) is 16.5. The summed E-state index contributed by atoms with van der Waals surface area (Å²) in [6, 6.07) is 5.26. The highest BCUT2D eigenvalue weighted by Crippen LogP contribution is 2.31. The number of carbonyl (C=O) groups is 3. The number of esters is 2. The van der Waals surface area contributed by atoms with E-state index in [-0.39, 0.29) is 32.0 Å². The van der Waals surface area contributed by atoms with Gasteiger partial charge in [-0.15, -0.1) is 0 Å². The average molecular weight is 386 g/mol. The molecule has 0 amide bonds. The Balaban J connectivity index is 1.78. The molecule has 0 saturated heterocycles. The third kappa shape index (κ3) is 3.94. The standard InChI is InChI=1S/C21H26N2O5/c1-4-27-18(24)10-14(21(26)28-5-2)12-23(3)17-9-13-11-22-16-8-6-7-15(19(13)16)20(17)25/h6-8,11,14,17,22H,4-5,9-10,12H2,1-3H3. The molecule has 1 aromatic carbocycles. The minimum Gasteiger partial charge on any atom is -0.466 e. The van der Waals surface area contributed by atoms with Crippen LogP contribution < -0.4 is 0 Å². The molecule has 7 heteroatoms. The van der Waals surface area contributed by atoms with E-state index in [1.165, 1.54) is 0 Å². The second-order valence-corrected chi connectivity index (χ2v) is 7.02. The summed E-state index contributed by atoms with van der Waals surface area (Å²) < 4.78 is 10.1. The normalized spacial score (nSPS) is 17.0. The number of nitrogens with zero attached hydrogens (tertiary/aromatic N) is 1. The zero-order valence-corrected chi connectivity index (χ0v) is 16.5. The molecule has 0 bridgehead atoms. The van der Waals surface area contributed by atoms with Crippen LogP contribution in [0.25, 0.3) is 10.9 Å². The number of rotatable bonds is 8. The van der Waals surface area contributed by atoms with Crippen LogP contribution in [0.1, 0.15) is 36.2 Å². The van der Waals surface area contributed by atoms with Crippen molar-refractivity contribution in [2.45, 2.75) is 32.7 Å². The SMILES string of the molecule is CCOC(=O)CC(CN(C)C1Cc2c[nH]c3cccc(c23)C1=O)C(=O)OCC. The Bertz CT molecular complexity index is 888. The van der Waals surface area contributed by atoms with Gasteiger partial charge in [0.15, 0.2) is 5.78 Å². The first-order chi connectivity index (χ1) is 13.5. The Labute approximate surface area is 164 Å². The number of hydrogen-bond donors (Lipinski definition) is 1. The molecule has 1 heterocycles. The molecule has 1 N–H and O–H groups in total. The molecule has 1 aliphatic rings. The Morgan fingerprint density at radius 1 is 1.25 bits per heavy atom. The summed E-state index contributed by atoms with van der Waals surface area (Å²) in [5.74, 6) is -1.55. The largest absolute Gasteiger partial charge is 0.466 e. The topological polar surface area (TPSA) is 88.7 Å². The van der Waals surface area contributed by atoms with Crippen molar-refractivity contribution in [2.24, 2.45) is 5.92 Å². The minimum absolute atomic E-state index is 0.0268. The molecule has 2 unspecified atom stereocenters. The van der Waals surface area contributed by atoms with E-state index >= 15 is 0 Å². The van der Waals surface area contributed by atoms with Gasteiger partial charge < -0.3 is 14.5 Å². The third-order valence-electron chi connectivity index (χ3n) is 5.15. The first-order valence-electron chi connectivity index (χ1n) is 9.61. The summed E-state index contributed by atoms with van der Waals surface area (Å²) in [6.07, 6.45) is 2.42. The van der Waals surface area contributed by atoms with Gasteiger partial charge in [-0.25, -0.2) is 0 Å². The molecule has 3 rings (SSSR count). The van der Waals surface area contributed by atoms with Gasteiger partial charge in [-0.1, -0.05) is 12.1 Å². The number of carbonyl (C=O) groups excluding carboxylic acids is 3. The molecule has 0 aliphatic heterocycles. The fraction of sp³-hybridized carbons (Fsp3) is 0.476. The van der Waals surface area contributed by atoms with Crippen LogP contribution in [0.3, 0.4) is 0 Å².